The molecule has 1 unspecified atom stereocenters. The number of ether oxygens (including phenoxy) is 2. The summed E-state index contributed by atoms with van der Waals surface area (Å²) in [5.74, 6) is -1.21. The molecule has 3 aliphatic heterocycles. The van der Waals surface area contributed by atoms with Gasteiger partial charge in [0.05, 0.1) is 17.6 Å². The van der Waals surface area contributed by atoms with Crippen LogP contribution in [0.15, 0.2) is 65.6 Å². The Hall–Kier alpha value is -2.79. The summed E-state index contributed by atoms with van der Waals surface area (Å²) in [4.78, 5) is 18.8. The zero-order chi connectivity index (χ0) is 30.4. The first kappa shape index (κ1) is 29.0. The summed E-state index contributed by atoms with van der Waals surface area (Å²) in [7, 11) is -4.16. The van der Waals surface area contributed by atoms with Crippen molar-refractivity contribution in [1.82, 2.24) is 9.84 Å². The lowest BCUT2D eigenvalue weighted by Gasteiger charge is -2.63. The molecular formula is C33H40FN3O5S. The predicted octanol–water partition coefficient (Wildman–Crippen LogP) is 5.30. The van der Waals surface area contributed by atoms with E-state index in [-0.39, 0.29) is 33.7 Å². The van der Waals surface area contributed by atoms with Gasteiger partial charge in [-0.25, -0.2) is 17.8 Å². The Morgan fingerprint density at radius 3 is 2.60 bits per heavy atom. The Morgan fingerprint density at radius 2 is 1.84 bits per heavy atom. The normalized spacial score (nSPS) is 34.9. The number of fused-ring (bicyclic) bond motifs is 6. The largest absolute Gasteiger partial charge is 0.350 e. The molecule has 5 aliphatic rings. The maximum absolute atomic E-state index is 14.1. The van der Waals surface area contributed by atoms with Gasteiger partial charge < -0.3 is 14.4 Å². The number of nitrogens with zero attached hydrogens (tertiary/aromatic N) is 2. The van der Waals surface area contributed by atoms with E-state index in [2.05, 4.69) is 23.2 Å². The number of anilines is 1. The predicted molar refractivity (Wildman–Crippen MR) is 160 cm³/mol. The molecule has 43 heavy (non-hydrogen) atoms. The molecule has 2 aromatic carbocycles. The topological polar surface area (TPSA) is 88.2 Å². The van der Waals surface area contributed by atoms with Gasteiger partial charge in [0.15, 0.2) is 5.79 Å². The Labute approximate surface area is 253 Å². The van der Waals surface area contributed by atoms with Crippen molar-refractivity contribution >= 4 is 21.6 Å². The molecule has 8 nitrogen and oxygen atoms in total. The van der Waals surface area contributed by atoms with Gasteiger partial charge in [-0.05, 0) is 99.6 Å². The molecule has 1 N–H and O–H groups in total. The van der Waals surface area contributed by atoms with Crippen molar-refractivity contribution < 1.29 is 27.1 Å². The number of nitrogens with one attached hydrogen (secondary N) is 1. The second-order valence-corrected chi connectivity index (χ2v) is 15.6. The van der Waals surface area contributed by atoms with Crippen LogP contribution >= 0.6 is 0 Å². The van der Waals surface area contributed by atoms with Crippen LogP contribution in [0.2, 0.25) is 0 Å². The third-order valence-corrected chi connectivity index (χ3v) is 12.1. The van der Waals surface area contributed by atoms with E-state index in [0.29, 0.717) is 19.4 Å². The summed E-state index contributed by atoms with van der Waals surface area (Å²) in [5.41, 5.74) is 2.78. The summed E-state index contributed by atoms with van der Waals surface area (Å²) in [6, 6.07) is 12.1. The number of carbonyl (C=O) groups is 1. The Balaban J connectivity index is 1.28. The molecule has 0 aromatic heterocycles. The van der Waals surface area contributed by atoms with Gasteiger partial charge in [0.1, 0.15) is 18.0 Å². The number of rotatable bonds is 5. The highest BCUT2D eigenvalue weighted by atomic mass is 32.2. The van der Waals surface area contributed by atoms with Crippen molar-refractivity contribution in [3.63, 3.8) is 0 Å². The van der Waals surface area contributed by atoms with Gasteiger partial charge in [0.2, 0.25) is 0 Å². The van der Waals surface area contributed by atoms with Crippen LogP contribution in [0.4, 0.5) is 10.1 Å². The quantitative estimate of drug-likeness (QED) is 0.463. The fourth-order valence-corrected chi connectivity index (χ4v) is 9.98. The molecule has 10 heteroatoms. The van der Waals surface area contributed by atoms with Gasteiger partial charge in [-0.15, -0.1) is 4.83 Å². The number of hydrogen-bond acceptors (Lipinski definition) is 6. The lowest BCUT2D eigenvalue weighted by Crippen LogP contribution is -2.63. The number of benzene rings is 2. The molecule has 6 atom stereocenters. The van der Waals surface area contributed by atoms with Gasteiger partial charge in [0, 0.05) is 17.5 Å². The van der Waals surface area contributed by atoms with E-state index in [9.17, 15) is 17.6 Å². The van der Waals surface area contributed by atoms with Crippen LogP contribution < -0.4 is 9.73 Å². The first-order chi connectivity index (χ1) is 20.3. The first-order valence-corrected chi connectivity index (χ1v) is 16.8. The SMILES string of the molecule is C=C1CC[C@H]2[C@@](CC3N(NS(=O)(=O)c4ccc(F)cc4)C(=O)[C@@H]4Cc5ccccc5N34)(CC[C@H]3OC(C)(C)OC[C@]32C)C1. The van der Waals surface area contributed by atoms with Crippen LogP contribution in [-0.2, 0) is 30.7 Å². The number of amides is 1. The fraction of sp³-hybridized carbons (Fsp3) is 0.545. The van der Waals surface area contributed by atoms with Gasteiger partial charge in [0.25, 0.3) is 15.9 Å². The first-order valence-electron chi connectivity index (χ1n) is 15.3. The van der Waals surface area contributed by atoms with Crippen molar-refractivity contribution in [3.8, 4) is 0 Å². The summed E-state index contributed by atoms with van der Waals surface area (Å²) in [6.45, 7) is 11.2. The van der Waals surface area contributed by atoms with E-state index in [1.807, 2.05) is 38.1 Å². The maximum Gasteiger partial charge on any atom is 0.262 e. The molecule has 4 fully saturated rings. The molecule has 0 bridgehead atoms. The third-order valence-electron chi connectivity index (χ3n) is 10.8. The van der Waals surface area contributed by atoms with Crippen molar-refractivity contribution in [2.45, 2.75) is 94.7 Å². The minimum atomic E-state index is -4.16. The van der Waals surface area contributed by atoms with E-state index < -0.39 is 33.8 Å². The molecule has 0 spiro atoms. The molecule has 230 valence electrons. The van der Waals surface area contributed by atoms with E-state index in [4.69, 9.17) is 9.47 Å². The number of carbonyl (C=O) groups excluding carboxylic acids is 1. The monoisotopic (exact) mass is 609 g/mol. The molecule has 2 aliphatic carbocycles. The van der Waals surface area contributed by atoms with Crippen LogP contribution in [0.25, 0.3) is 0 Å². The lowest BCUT2D eigenvalue weighted by atomic mass is 9.47. The lowest BCUT2D eigenvalue weighted by molar-refractivity contribution is -0.343. The average Bonchev–Trinajstić information content (AvgIpc) is 3.45. The highest BCUT2D eigenvalue weighted by Gasteiger charge is 2.62. The minimum Gasteiger partial charge on any atom is -0.350 e. The van der Waals surface area contributed by atoms with Crippen molar-refractivity contribution in [2.75, 3.05) is 11.5 Å². The molecule has 2 saturated carbocycles. The molecule has 2 aromatic rings. The maximum atomic E-state index is 14.1. The van der Waals surface area contributed by atoms with E-state index in [1.54, 1.807) is 0 Å². The fourth-order valence-electron chi connectivity index (χ4n) is 8.91. The molecule has 3 heterocycles. The second-order valence-electron chi connectivity index (χ2n) is 13.9. The number of halogens is 1. The van der Waals surface area contributed by atoms with Crippen LogP contribution in [0.5, 0.6) is 0 Å². The highest BCUT2D eigenvalue weighted by Crippen LogP contribution is 2.63. The van der Waals surface area contributed by atoms with Gasteiger partial charge >= 0.3 is 0 Å². The second kappa shape index (κ2) is 9.86. The number of para-hydroxylation sites is 1. The van der Waals surface area contributed by atoms with E-state index in [1.165, 1.54) is 22.7 Å². The number of hydrazine groups is 1. The van der Waals surface area contributed by atoms with Crippen molar-refractivity contribution in [1.29, 1.82) is 0 Å². The van der Waals surface area contributed by atoms with Crippen LogP contribution in [-0.4, -0.2) is 50.0 Å². The Morgan fingerprint density at radius 1 is 1.09 bits per heavy atom. The number of allylic oxidation sites excluding steroid dienone is 1. The van der Waals surface area contributed by atoms with E-state index in [0.717, 1.165) is 55.5 Å². The summed E-state index contributed by atoms with van der Waals surface area (Å²) >= 11 is 0. The third kappa shape index (κ3) is 4.64. The standard InChI is InChI=1S/C33H40FN3O5S/c1-21-9-14-27-32(4)20-41-31(2,3)42-28(32)15-16-33(27,18-21)19-29-36-25-8-6-5-7-22(25)17-26(36)30(38)37(29)35-43(39,40)24-12-10-23(34)11-13-24/h5-8,10-13,26-29,35H,1,9,14-20H2,2-4H3/t26-,27+,28+,29?,32-,33-/m0/s1. The summed E-state index contributed by atoms with van der Waals surface area (Å²) in [6.07, 6.45) is 5.02. The molecule has 0 radical (unpaired) electrons. The molecule has 2 saturated heterocycles. The van der Waals surface area contributed by atoms with E-state index >= 15 is 0 Å². The van der Waals surface area contributed by atoms with Gasteiger partial charge in [-0.1, -0.05) is 37.3 Å². The summed E-state index contributed by atoms with van der Waals surface area (Å²) < 4.78 is 53.6. The van der Waals surface area contributed by atoms with Crippen LogP contribution in [0, 0.1) is 22.6 Å². The van der Waals surface area contributed by atoms with Gasteiger partial charge in [-0.2, -0.15) is 0 Å². The smallest absolute Gasteiger partial charge is 0.262 e. The minimum absolute atomic E-state index is 0.0549. The van der Waals surface area contributed by atoms with Crippen molar-refractivity contribution in [3.05, 3.63) is 72.1 Å². The zero-order valence-corrected chi connectivity index (χ0v) is 25.8. The summed E-state index contributed by atoms with van der Waals surface area (Å²) in [5, 5.41) is 1.34. The van der Waals surface area contributed by atoms with Gasteiger partial charge in [-0.3, -0.25) is 4.79 Å². The zero-order valence-electron chi connectivity index (χ0n) is 25.0. The number of hydrogen-bond donors (Lipinski definition) is 1. The molecule has 7 rings (SSSR count). The Kier molecular flexibility index (Phi) is 6.64. The Bertz CT molecular complexity index is 1580. The molecule has 1 amide bonds. The van der Waals surface area contributed by atoms with Crippen molar-refractivity contribution in [2.24, 2.45) is 16.7 Å². The highest BCUT2D eigenvalue weighted by molar-refractivity contribution is 7.89. The average molecular weight is 610 g/mol. The molecular weight excluding hydrogens is 569 g/mol. The van der Waals surface area contributed by atoms with Crippen LogP contribution in [0.3, 0.4) is 0 Å². The van der Waals surface area contributed by atoms with Crippen LogP contribution in [0.1, 0.15) is 64.9 Å². The number of sulfonamides is 1.